The maximum Gasteiger partial charge on any atom is 0.262 e. The Morgan fingerprint density at radius 1 is 1.06 bits per heavy atom. The molecule has 0 bridgehead atoms. The number of rotatable bonds is 10. The molecule has 0 amide bonds. The Morgan fingerprint density at radius 3 is 2.51 bits per heavy atom. The average Bonchev–Trinajstić information content (AvgIpc) is 3.32. The second-order valence-electron chi connectivity index (χ2n) is 7.08. The molecule has 0 atom stereocenters. The van der Waals surface area contributed by atoms with Gasteiger partial charge >= 0.3 is 0 Å². The molecule has 11 nitrogen and oxygen atoms in total. The molecule has 12 heteroatoms. The number of nitrogens with one attached hydrogen (secondary N) is 1. The normalized spacial score (nSPS) is 12.2. The molecule has 3 aromatic carbocycles. The molecule has 1 aliphatic heterocycles. The van der Waals surface area contributed by atoms with E-state index in [9.17, 15) is 23.4 Å². The van der Waals surface area contributed by atoms with Crippen molar-refractivity contribution in [2.75, 3.05) is 31.8 Å². The molecule has 0 radical (unpaired) electrons. The number of aromatic carboxylic acids is 1. The van der Waals surface area contributed by atoms with Crippen LogP contribution in [0.5, 0.6) is 34.5 Å². The number of anilines is 1. The molecule has 0 saturated heterocycles. The summed E-state index contributed by atoms with van der Waals surface area (Å²) in [6, 6.07) is 12.7. The quantitative estimate of drug-likeness (QED) is 0.419. The standard InChI is InChI=1S/C23H21NO10S/c1-30-17-4-2-3-5-19(17)34-22-16(10-14(23(26)27)11-21(22)31-9-8-25)24-35(28,29)15-6-7-18-20(12-15)33-13-32-18/h2-7,10-12,24-25H,8-9,13H2,1H3,(H,26,27)/p-1. The van der Waals surface area contributed by atoms with Crippen molar-refractivity contribution in [3.8, 4) is 34.5 Å². The number of ether oxygens (including phenoxy) is 5. The van der Waals surface area contributed by atoms with Crippen molar-refractivity contribution >= 4 is 21.7 Å². The lowest BCUT2D eigenvalue weighted by Crippen LogP contribution is -2.23. The van der Waals surface area contributed by atoms with Crippen molar-refractivity contribution < 1.29 is 47.1 Å². The number of hydrogen-bond acceptors (Lipinski definition) is 10. The lowest BCUT2D eigenvalue weighted by molar-refractivity contribution is -0.255. The predicted molar refractivity (Wildman–Crippen MR) is 120 cm³/mol. The molecule has 4 rings (SSSR count). The zero-order valence-corrected chi connectivity index (χ0v) is 19.2. The van der Waals surface area contributed by atoms with Crippen molar-refractivity contribution in [1.29, 1.82) is 0 Å². The third-order valence-corrected chi connectivity index (χ3v) is 6.18. The van der Waals surface area contributed by atoms with Gasteiger partial charge in [-0.1, -0.05) is 12.1 Å². The number of benzene rings is 3. The van der Waals surface area contributed by atoms with Gasteiger partial charge in [-0.15, -0.1) is 0 Å². The Hall–Kier alpha value is -4.16. The monoisotopic (exact) mass is 502 g/mol. The topological polar surface area (TPSA) is 153 Å². The second-order valence-corrected chi connectivity index (χ2v) is 8.77. The predicted octanol–water partition coefficient (Wildman–Crippen LogP) is 1.75. The zero-order chi connectivity index (χ0) is 25.0. The van der Waals surface area contributed by atoms with Crippen LogP contribution >= 0.6 is 0 Å². The van der Waals surface area contributed by atoms with E-state index in [0.717, 1.165) is 12.1 Å². The summed E-state index contributed by atoms with van der Waals surface area (Å²) in [4.78, 5) is 11.5. The highest BCUT2D eigenvalue weighted by atomic mass is 32.2. The summed E-state index contributed by atoms with van der Waals surface area (Å²) in [5.74, 6) is -0.710. The van der Waals surface area contributed by atoms with Crippen LogP contribution in [0.2, 0.25) is 0 Å². The molecule has 0 fully saturated rings. The van der Waals surface area contributed by atoms with Crippen LogP contribution in [0.4, 0.5) is 5.69 Å². The third-order valence-electron chi connectivity index (χ3n) is 4.82. The third kappa shape index (κ3) is 5.18. The number of carboxylic acid groups (broad SMARTS) is 1. The fraction of sp³-hybridized carbons (Fsp3) is 0.174. The van der Waals surface area contributed by atoms with Gasteiger partial charge in [0.1, 0.15) is 6.61 Å². The van der Waals surface area contributed by atoms with E-state index in [1.807, 2.05) is 0 Å². The fourth-order valence-corrected chi connectivity index (χ4v) is 4.29. The lowest BCUT2D eigenvalue weighted by Gasteiger charge is -2.20. The summed E-state index contributed by atoms with van der Waals surface area (Å²) in [5.41, 5.74) is -0.628. The van der Waals surface area contributed by atoms with Crippen LogP contribution < -0.4 is 33.5 Å². The molecule has 1 heterocycles. The van der Waals surface area contributed by atoms with E-state index in [1.54, 1.807) is 24.3 Å². The van der Waals surface area contributed by atoms with E-state index in [1.165, 1.54) is 25.3 Å². The summed E-state index contributed by atoms with van der Waals surface area (Å²) in [7, 11) is -2.84. The van der Waals surface area contributed by atoms with E-state index in [-0.39, 0.29) is 59.2 Å². The fourth-order valence-electron chi connectivity index (χ4n) is 3.22. The van der Waals surface area contributed by atoms with Crippen molar-refractivity contribution in [2.45, 2.75) is 4.90 Å². The first-order chi connectivity index (χ1) is 16.8. The number of carboxylic acids is 1. The van der Waals surface area contributed by atoms with Crippen LogP contribution in [0.25, 0.3) is 0 Å². The summed E-state index contributed by atoms with van der Waals surface area (Å²) in [6.45, 7) is -0.641. The highest BCUT2D eigenvalue weighted by Crippen LogP contribution is 2.43. The molecule has 1 aliphatic rings. The number of fused-ring (bicyclic) bond motifs is 1. The van der Waals surface area contributed by atoms with Crippen molar-refractivity contribution in [1.82, 2.24) is 0 Å². The molecule has 0 aliphatic carbocycles. The van der Waals surface area contributed by atoms with Gasteiger partial charge in [-0.2, -0.15) is 0 Å². The molecule has 0 saturated carbocycles. The summed E-state index contributed by atoms with van der Waals surface area (Å²) >= 11 is 0. The van der Waals surface area contributed by atoms with Crippen LogP contribution in [-0.2, 0) is 10.0 Å². The minimum Gasteiger partial charge on any atom is -0.545 e. The largest absolute Gasteiger partial charge is 0.545 e. The zero-order valence-electron chi connectivity index (χ0n) is 18.3. The van der Waals surface area contributed by atoms with Gasteiger partial charge in [-0.25, -0.2) is 8.42 Å². The Morgan fingerprint density at radius 2 is 1.80 bits per heavy atom. The number of aliphatic hydroxyl groups excluding tert-OH is 1. The maximum absolute atomic E-state index is 13.2. The Kier molecular flexibility index (Phi) is 6.85. The highest BCUT2D eigenvalue weighted by molar-refractivity contribution is 7.92. The number of hydrogen-bond donors (Lipinski definition) is 2. The van der Waals surface area contributed by atoms with E-state index in [2.05, 4.69) is 4.72 Å². The molecule has 3 aromatic rings. The summed E-state index contributed by atoms with van der Waals surface area (Å²) < 4.78 is 55.9. The average molecular weight is 502 g/mol. The number of methoxy groups -OCH3 is 1. The van der Waals surface area contributed by atoms with Gasteiger partial charge < -0.3 is 38.7 Å². The molecule has 0 unspecified atom stereocenters. The van der Waals surface area contributed by atoms with E-state index in [4.69, 9.17) is 23.7 Å². The van der Waals surface area contributed by atoms with Gasteiger partial charge in [0.25, 0.3) is 10.0 Å². The Balaban J connectivity index is 1.81. The number of aliphatic hydroxyl groups is 1. The number of carbonyl (C=O) groups excluding carboxylic acids is 1. The van der Waals surface area contributed by atoms with Crippen molar-refractivity contribution in [2.24, 2.45) is 0 Å². The number of sulfonamides is 1. The van der Waals surface area contributed by atoms with Crippen LogP contribution in [0.3, 0.4) is 0 Å². The SMILES string of the molecule is COc1ccccc1Oc1c(NS(=O)(=O)c2ccc3c(c2)OCO3)cc(C(=O)[O-])cc1OCCO. The van der Waals surface area contributed by atoms with E-state index in [0.29, 0.717) is 11.5 Å². The van der Waals surface area contributed by atoms with Gasteiger partial charge in [0.2, 0.25) is 6.79 Å². The molecule has 184 valence electrons. The molecular weight excluding hydrogens is 482 g/mol. The molecule has 0 aromatic heterocycles. The smallest absolute Gasteiger partial charge is 0.262 e. The van der Waals surface area contributed by atoms with Crippen LogP contribution in [0.1, 0.15) is 10.4 Å². The first kappa shape index (κ1) is 24.0. The molecular formula is C23H20NO10S-. The molecule has 2 N–H and O–H groups in total. The van der Waals surface area contributed by atoms with Gasteiger partial charge in [-0.3, -0.25) is 4.72 Å². The number of carbonyl (C=O) groups is 1. The highest BCUT2D eigenvalue weighted by Gasteiger charge is 2.24. The van der Waals surface area contributed by atoms with Crippen LogP contribution in [0, 0.1) is 0 Å². The van der Waals surface area contributed by atoms with Crippen LogP contribution in [-0.4, -0.2) is 46.6 Å². The minimum atomic E-state index is -4.26. The van der Waals surface area contributed by atoms with Gasteiger partial charge in [0.15, 0.2) is 34.5 Å². The number of para-hydroxylation sites is 2. The van der Waals surface area contributed by atoms with Crippen molar-refractivity contribution in [3.63, 3.8) is 0 Å². The van der Waals surface area contributed by atoms with Crippen molar-refractivity contribution in [3.05, 3.63) is 60.2 Å². The second kappa shape index (κ2) is 9.99. The first-order valence-corrected chi connectivity index (χ1v) is 11.7. The first-order valence-electron chi connectivity index (χ1n) is 10.2. The van der Waals surface area contributed by atoms with Gasteiger partial charge in [-0.05, 0) is 36.4 Å². The maximum atomic E-state index is 13.2. The van der Waals surface area contributed by atoms with Gasteiger partial charge in [0, 0.05) is 11.6 Å². The Bertz CT molecular complexity index is 1360. The summed E-state index contributed by atoms with van der Waals surface area (Å²) in [5, 5.41) is 20.8. The lowest BCUT2D eigenvalue weighted by atomic mass is 10.1. The van der Waals surface area contributed by atoms with Gasteiger partial charge in [0.05, 0.1) is 30.3 Å². The van der Waals surface area contributed by atoms with E-state index >= 15 is 0 Å². The van der Waals surface area contributed by atoms with E-state index < -0.39 is 16.0 Å². The van der Waals surface area contributed by atoms with Crippen LogP contribution in [0.15, 0.2) is 59.5 Å². The minimum absolute atomic E-state index is 0.0393. The summed E-state index contributed by atoms with van der Waals surface area (Å²) in [6.07, 6.45) is 0. The Labute approximate surface area is 200 Å². The molecule has 35 heavy (non-hydrogen) atoms. The molecule has 0 spiro atoms.